The topological polar surface area (TPSA) is 78.5 Å². The van der Waals surface area contributed by atoms with Crippen LogP contribution in [0.5, 0.6) is 11.5 Å². The average Bonchev–Trinajstić information content (AvgIpc) is 3.31. The van der Waals surface area contributed by atoms with E-state index in [9.17, 15) is 4.79 Å². The molecule has 0 aliphatic carbocycles. The average molecular weight is 462 g/mol. The quantitative estimate of drug-likeness (QED) is 0.481. The van der Waals surface area contributed by atoms with E-state index in [4.69, 9.17) is 13.9 Å². The zero-order valence-electron chi connectivity index (χ0n) is 16.7. The van der Waals surface area contributed by atoms with E-state index < -0.39 is 0 Å². The predicted octanol–water partition coefficient (Wildman–Crippen LogP) is 4.26. The first kappa shape index (κ1) is 21.0. The van der Waals surface area contributed by atoms with Crippen molar-refractivity contribution < 1.29 is 18.7 Å². The highest BCUT2D eigenvalue weighted by Crippen LogP contribution is 2.20. The molecule has 3 rings (SSSR count). The van der Waals surface area contributed by atoms with E-state index in [1.807, 2.05) is 42.8 Å². The Morgan fingerprint density at radius 2 is 1.90 bits per heavy atom. The van der Waals surface area contributed by atoms with Crippen LogP contribution in [-0.2, 0) is 13.2 Å². The molecule has 0 radical (unpaired) electrons. The van der Waals surface area contributed by atoms with Crippen LogP contribution in [-0.4, -0.2) is 29.3 Å². The first-order valence-electron chi connectivity index (χ1n) is 9.31. The van der Waals surface area contributed by atoms with Gasteiger partial charge in [0, 0.05) is 18.8 Å². The second-order valence-corrected chi connectivity index (χ2v) is 7.34. The van der Waals surface area contributed by atoms with Gasteiger partial charge in [-0.15, -0.1) is 0 Å². The first-order valence-corrected chi connectivity index (χ1v) is 10.1. The van der Waals surface area contributed by atoms with Crippen LogP contribution < -0.4 is 14.8 Å². The molecule has 0 fully saturated rings. The Hall–Kier alpha value is -2.74. The van der Waals surface area contributed by atoms with Crippen LogP contribution in [0.4, 0.5) is 0 Å². The minimum atomic E-state index is -0.241. The summed E-state index contributed by atoms with van der Waals surface area (Å²) in [6.07, 6.45) is 0.772. The van der Waals surface area contributed by atoms with E-state index >= 15 is 0 Å². The summed E-state index contributed by atoms with van der Waals surface area (Å²) >= 11 is 3.52. The number of carbonyl (C=O) groups excluding carboxylic acids is 1. The second kappa shape index (κ2) is 9.65. The van der Waals surface area contributed by atoms with Gasteiger partial charge in [-0.2, -0.15) is 5.10 Å². The van der Waals surface area contributed by atoms with E-state index in [1.54, 1.807) is 19.2 Å². The molecule has 0 unspecified atom stereocenters. The standard InChI is InChI=1S/C21H24BrN3O4/c1-14-20(22)15(2)25(24-14)12-4-11-23-21(26)19-10-9-18(29-19)13-28-17-7-5-16(27-3)6-8-17/h5-10H,4,11-13H2,1-3H3,(H,23,26). The summed E-state index contributed by atoms with van der Waals surface area (Å²) in [6, 6.07) is 10.7. The Morgan fingerprint density at radius 3 is 2.55 bits per heavy atom. The molecule has 3 aromatic rings. The van der Waals surface area contributed by atoms with Gasteiger partial charge in [-0.05, 0) is 72.6 Å². The maximum absolute atomic E-state index is 12.2. The van der Waals surface area contributed by atoms with Gasteiger partial charge >= 0.3 is 0 Å². The number of rotatable bonds is 9. The number of nitrogens with zero attached hydrogens (tertiary/aromatic N) is 2. The van der Waals surface area contributed by atoms with Crippen molar-refractivity contribution in [3.8, 4) is 11.5 Å². The minimum absolute atomic E-state index is 0.241. The number of hydrogen-bond donors (Lipinski definition) is 1. The van der Waals surface area contributed by atoms with Crippen LogP contribution in [0.15, 0.2) is 45.3 Å². The number of carbonyl (C=O) groups is 1. The normalized spacial score (nSPS) is 10.8. The summed E-state index contributed by atoms with van der Waals surface area (Å²) in [5.41, 5.74) is 2.05. The number of benzene rings is 1. The number of furan rings is 1. The Morgan fingerprint density at radius 1 is 1.17 bits per heavy atom. The lowest BCUT2D eigenvalue weighted by Crippen LogP contribution is -2.25. The third-order valence-electron chi connectivity index (χ3n) is 4.45. The Kier molecular flexibility index (Phi) is 6.98. The number of ether oxygens (including phenoxy) is 2. The number of amides is 1. The molecule has 0 saturated carbocycles. The van der Waals surface area contributed by atoms with Gasteiger partial charge in [-0.25, -0.2) is 0 Å². The lowest BCUT2D eigenvalue weighted by Gasteiger charge is -2.06. The van der Waals surface area contributed by atoms with Crippen LogP contribution in [0.2, 0.25) is 0 Å². The molecule has 0 saturated heterocycles. The zero-order valence-corrected chi connectivity index (χ0v) is 18.3. The third-order valence-corrected chi connectivity index (χ3v) is 5.60. The highest BCUT2D eigenvalue weighted by Gasteiger charge is 2.12. The Bertz CT molecular complexity index is 963. The van der Waals surface area contributed by atoms with Crippen molar-refractivity contribution in [2.24, 2.45) is 0 Å². The lowest BCUT2D eigenvalue weighted by atomic mass is 10.3. The maximum atomic E-state index is 12.2. The van der Waals surface area contributed by atoms with Gasteiger partial charge in [0.15, 0.2) is 5.76 Å². The van der Waals surface area contributed by atoms with E-state index in [1.165, 1.54) is 0 Å². The molecule has 0 bridgehead atoms. The summed E-state index contributed by atoms with van der Waals surface area (Å²) in [5.74, 6) is 2.07. The molecule has 2 heterocycles. The number of aryl methyl sites for hydroxylation is 2. The van der Waals surface area contributed by atoms with Gasteiger partial charge in [0.2, 0.25) is 0 Å². The summed E-state index contributed by atoms with van der Waals surface area (Å²) in [5, 5.41) is 7.33. The van der Waals surface area contributed by atoms with Gasteiger partial charge in [0.1, 0.15) is 23.9 Å². The van der Waals surface area contributed by atoms with Gasteiger partial charge in [-0.3, -0.25) is 9.48 Å². The SMILES string of the molecule is COc1ccc(OCc2ccc(C(=O)NCCCn3nc(C)c(Br)c3C)o2)cc1. The number of nitrogens with one attached hydrogen (secondary N) is 1. The molecular weight excluding hydrogens is 438 g/mol. The summed E-state index contributed by atoms with van der Waals surface area (Å²) in [7, 11) is 1.61. The number of hydrogen-bond acceptors (Lipinski definition) is 5. The van der Waals surface area contributed by atoms with Crippen LogP contribution in [0.3, 0.4) is 0 Å². The summed E-state index contributed by atoms with van der Waals surface area (Å²) in [6.45, 7) is 5.49. The summed E-state index contributed by atoms with van der Waals surface area (Å²) < 4.78 is 19.3. The summed E-state index contributed by atoms with van der Waals surface area (Å²) in [4.78, 5) is 12.2. The molecule has 0 aliphatic heterocycles. The highest BCUT2D eigenvalue weighted by molar-refractivity contribution is 9.10. The molecular formula is C21H24BrN3O4. The van der Waals surface area contributed by atoms with Crippen molar-refractivity contribution >= 4 is 21.8 Å². The van der Waals surface area contributed by atoms with E-state index in [-0.39, 0.29) is 18.3 Å². The monoisotopic (exact) mass is 461 g/mol. The fourth-order valence-corrected chi connectivity index (χ4v) is 3.10. The Labute approximate surface area is 178 Å². The molecule has 29 heavy (non-hydrogen) atoms. The molecule has 1 aromatic carbocycles. The molecule has 2 aromatic heterocycles. The van der Waals surface area contributed by atoms with Crippen molar-refractivity contribution in [3.05, 3.63) is 63.8 Å². The predicted molar refractivity (Wildman–Crippen MR) is 112 cm³/mol. The maximum Gasteiger partial charge on any atom is 0.286 e. The molecule has 0 atom stereocenters. The van der Waals surface area contributed by atoms with E-state index in [2.05, 4.69) is 26.3 Å². The largest absolute Gasteiger partial charge is 0.497 e. The molecule has 1 amide bonds. The van der Waals surface area contributed by atoms with Gasteiger partial charge in [0.25, 0.3) is 5.91 Å². The zero-order chi connectivity index (χ0) is 20.8. The smallest absolute Gasteiger partial charge is 0.286 e. The van der Waals surface area contributed by atoms with Crippen molar-refractivity contribution in [2.45, 2.75) is 33.4 Å². The van der Waals surface area contributed by atoms with Crippen molar-refractivity contribution in [1.29, 1.82) is 0 Å². The molecule has 7 nitrogen and oxygen atoms in total. The van der Waals surface area contributed by atoms with Crippen molar-refractivity contribution in [3.63, 3.8) is 0 Å². The third kappa shape index (κ3) is 5.41. The highest BCUT2D eigenvalue weighted by atomic mass is 79.9. The second-order valence-electron chi connectivity index (χ2n) is 6.55. The van der Waals surface area contributed by atoms with Crippen LogP contribution in [0, 0.1) is 13.8 Å². The molecule has 1 N–H and O–H groups in total. The van der Waals surface area contributed by atoms with Crippen molar-refractivity contribution in [2.75, 3.05) is 13.7 Å². The molecule has 8 heteroatoms. The first-order chi connectivity index (χ1) is 14.0. The number of aromatic nitrogens is 2. The van der Waals surface area contributed by atoms with Crippen LogP contribution >= 0.6 is 15.9 Å². The van der Waals surface area contributed by atoms with E-state index in [0.717, 1.165) is 34.6 Å². The number of methoxy groups -OCH3 is 1. The van der Waals surface area contributed by atoms with E-state index in [0.29, 0.717) is 18.1 Å². The fraction of sp³-hybridized carbons (Fsp3) is 0.333. The lowest BCUT2D eigenvalue weighted by molar-refractivity contribution is 0.0920. The Balaban J connectivity index is 1.43. The van der Waals surface area contributed by atoms with Gasteiger partial charge in [0.05, 0.1) is 17.3 Å². The fourth-order valence-electron chi connectivity index (χ4n) is 2.81. The van der Waals surface area contributed by atoms with Gasteiger partial charge < -0.3 is 19.2 Å². The molecule has 154 valence electrons. The molecule has 0 aliphatic rings. The minimum Gasteiger partial charge on any atom is -0.497 e. The van der Waals surface area contributed by atoms with Crippen LogP contribution in [0.25, 0.3) is 0 Å². The molecule has 0 spiro atoms. The van der Waals surface area contributed by atoms with Gasteiger partial charge in [-0.1, -0.05) is 0 Å². The number of halogens is 1. The van der Waals surface area contributed by atoms with Crippen molar-refractivity contribution in [1.82, 2.24) is 15.1 Å². The van der Waals surface area contributed by atoms with Crippen LogP contribution in [0.1, 0.15) is 34.1 Å².